The molecule has 2 atom stereocenters. The molecule has 0 bridgehead atoms. The van der Waals surface area contributed by atoms with Crippen LogP contribution in [-0.4, -0.2) is 35.8 Å². The van der Waals surface area contributed by atoms with Gasteiger partial charge in [0.1, 0.15) is 11.6 Å². The van der Waals surface area contributed by atoms with Gasteiger partial charge in [-0.05, 0) is 43.9 Å². The van der Waals surface area contributed by atoms with Gasteiger partial charge in [0.25, 0.3) is 0 Å². The van der Waals surface area contributed by atoms with Crippen LogP contribution in [0, 0.1) is 0 Å². The molecule has 122 valence electrons. The van der Waals surface area contributed by atoms with Crippen LogP contribution in [0.15, 0.2) is 35.1 Å². The molecule has 2 aliphatic heterocycles. The maximum atomic E-state index is 5.59. The van der Waals surface area contributed by atoms with Gasteiger partial charge in [-0.25, -0.2) is 4.98 Å². The van der Waals surface area contributed by atoms with Gasteiger partial charge in [0.15, 0.2) is 0 Å². The minimum atomic E-state index is 0.235. The third-order valence-corrected chi connectivity index (χ3v) is 4.54. The van der Waals surface area contributed by atoms with Gasteiger partial charge < -0.3 is 19.4 Å². The Morgan fingerprint density at radius 2 is 2.22 bits per heavy atom. The molecule has 0 aliphatic carbocycles. The summed E-state index contributed by atoms with van der Waals surface area (Å²) in [6, 6.07) is 6.47. The summed E-state index contributed by atoms with van der Waals surface area (Å²) in [4.78, 5) is 11.4. The molecule has 0 radical (unpaired) electrons. The Kier molecular flexibility index (Phi) is 4.15. The molecule has 0 saturated carbocycles. The average Bonchev–Trinajstić information content (AvgIpc) is 3.27. The average molecular weight is 314 g/mol. The third-order valence-electron chi connectivity index (χ3n) is 4.54. The lowest BCUT2D eigenvalue weighted by atomic mass is 10.1. The van der Waals surface area contributed by atoms with Crippen LogP contribution in [0.5, 0.6) is 0 Å². The number of ether oxygens (including phenoxy) is 1. The molecule has 2 aromatic heterocycles. The van der Waals surface area contributed by atoms with Gasteiger partial charge in [0.05, 0.1) is 25.0 Å². The smallest absolute Gasteiger partial charge is 0.227 e. The van der Waals surface area contributed by atoms with Gasteiger partial charge in [-0.1, -0.05) is 0 Å². The summed E-state index contributed by atoms with van der Waals surface area (Å²) in [6.07, 6.45) is 7.98. The summed E-state index contributed by atoms with van der Waals surface area (Å²) >= 11 is 0. The molecule has 23 heavy (non-hydrogen) atoms. The van der Waals surface area contributed by atoms with E-state index in [1.807, 2.05) is 24.4 Å². The first-order valence-corrected chi connectivity index (χ1v) is 8.37. The molecule has 2 saturated heterocycles. The van der Waals surface area contributed by atoms with Crippen LogP contribution in [0.1, 0.15) is 37.5 Å². The Balaban J connectivity index is 1.51. The SMILES string of the molecule is c1coc([C@H]2CCCN2c2nccc(N[C@H]3CCCOC3)n2)c1. The second-order valence-corrected chi connectivity index (χ2v) is 6.17. The number of hydrogen-bond acceptors (Lipinski definition) is 6. The summed E-state index contributed by atoms with van der Waals surface area (Å²) in [5.74, 6) is 2.63. The van der Waals surface area contributed by atoms with E-state index in [2.05, 4.69) is 15.2 Å². The van der Waals surface area contributed by atoms with Crippen LogP contribution in [0.4, 0.5) is 11.8 Å². The van der Waals surface area contributed by atoms with Crippen molar-refractivity contribution in [3.8, 4) is 0 Å². The van der Waals surface area contributed by atoms with Crippen molar-refractivity contribution in [2.24, 2.45) is 0 Å². The van der Waals surface area contributed by atoms with Crippen molar-refractivity contribution in [2.75, 3.05) is 30.0 Å². The Morgan fingerprint density at radius 1 is 1.22 bits per heavy atom. The van der Waals surface area contributed by atoms with Crippen molar-refractivity contribution in [1.29, 1.82) is 0 Å². The summed E-state index contributed by atoms with van der Waals surface area (Å²) in [5, 5.41) is 3.47. The Morgan fingerprint density at radius 3 is 3.04 bits per heavy atom. The van der Waals surface area contributed by atoms with Gasteiger partial charge in [-0.2, -0.15) is 4.98 Å². The van der Waals surface area contributed by atoms with Crippen LogP contribution in [-0.2, 0) is 4.74 Å². The van der Waals surface area contributed by atoms with Gasteiger partial charge in [0, 0.05) is 19.3 Å². The Labute approximate surface area is 135 Å². The zero-order valence-electron chi connectivity index (χ0n) is 13.1. The number of rotatable bonds is 4. The number of nitrogens with one attached hydrogen (secondary N) is 1. The van der Waals surface area contributed by atoms with E-state index in [4.69, 9.17) is 14.1 Å². The summed E-state index contributed by atoms with van der Waals surface area (Å²) in [5.41, 5.74) is 0. The van der Waals surface area contributed by atoms with Gasteiger partial charge >= 0.3 is 0 Å². The molecule has 2 fully saturated rings. The van der Waals surface area contributed by atoms with E-state index >= 15 is 0 Å². The van der Waals surface area contributed by atoms with E-state index in [1.54, 1.807) is 6.26 Å². The normalized spacial score (nSPS) is 24.8. The second kappa shape index (κ2) is 6.58. The zero-order chi connectivity index (χ0) is 15.5. The lowest BCUT2D eigenvalue weighted by Crippen LogP contribution is -2.31. The van der Waals surface area contributed by atoms with Crippen molar-refractivity contribution in [3.05, 3.63) is 36.4 Å². The van der Waals surface area contributed by atoms with Crippen LogP contribution in [0.3, 0.4) is 0 Å². The first kappa shape index (κ1) is 14.5. The molecule has 2 aliphatic rings. The molecular formula is C17H22N4O2. The largest absolute Gasteiger partial charge is 0.467 e. The molecule has 0 amide bonds. The van der Waals surface area contributed by atoms with E-state index in [0.717, 1.165) is 63.0 Å². The highest BCUT2D eigenvalue weighted by atomic mass is 16.5. The first-order chi connectivity index (χ1) is 11.4. The molecule has 1 N–H and O–H groups in total. The minimum Gasteiger partial charge on any atom is -0.467 e. The number of furan rings is 1. The van der Waals surface area contributed by atoms with Crippen molar-refractivity contribution < 1.29 is 9.15 Å². The van der Waals surface area contributed by atoms with Crippen molar-refractivity contribution >= 4 is 11.8 Å². The van der Waals surface area contributed by atoms with Crippen LogP contribution >= 0.6 is 0 Å². The summed E-state index contributed by atoms with van der Waals surface area (Å²) in [6.45, 7) is 2.57. The maximum absolute atomic E-state index is 5.59. The van der Waals surface area contributed by atoms with Crippen LogP contribution in [0.2, 0.25) is 0 Å². The maximum Gasteiger partial charge on any atom is 0.227 e. The second-order valence-electron chi connectivity index (χ2n) is 6.17. The van der Waals surface area contributed by atoms with Crippen molar-refractivity contribution in [2.45, 2.75) is 37.8 Å². The zero-order valence-corrected chi connectivity index (χ0v) is 13.1. The Hall–Kier alpha value is -2.08. The topological polar surface area (TPSA) is 63.4 Å². The van der Waals surface area contributed by atoms with E-state index in [-0.39, 0.29) is 6.04 Å². The van der Waals surface area contributed by atoms with E-state index in [0.29, 0.717) is 6.04 Å². The molecule has 6 nitrogen and oxygen atoms in total. The van der Waals surface area contributed by atoms with Crippen molar-refractivity contribution in [3.63, 3.8) is 0 Å². The highest BCUT2D eigenvalue weighted by molar-refractivity contribution is 5.44. The quantitative estimate of drug-likeness (QED) is 0.936. The molecule has 0 aromatic carbocycles. The predicted octanol–water partition coefficient (Wildman–Crippen LogP) is 3.00. The molecule has 4 heterocycles. The van der Waals surface area contributed by atoms with Crippen LogP contribution in [0.25, 0.3) is 0 Å². The fourth-order valence-corrected chi connectivity index (χ4v) is 3.41. The minimum absolute atomic E-state index is 0.235. The fourth-order valence-electron chi connectivity index (χ4n) is 3.41. The fraction of sp³-hybridized carbons (Fsp3) is 0.529. The highest BCUT2D eigenvalue weighted by Crippen LogP contribution is 2.34. The molecule has 0 spiro atoms. The van der Waals surface area contributed by atoms with Gasteiger partial charge in [-0.15, -0.1) is 0 Å². The van der Waals surface area contributed by atoms with Crippen molar-refractivity contribution in [1.82, 2.24) is 9.97 Å². The lowest BCUT2D eigenvalue weighted by molar-refractivity contribution is 0.0875. The van der Waals surface area contributed by atoms with Crippen LogP contribution < -0.4 is 10.2 Å². The standard InChI is InChI=1S/C17H22N4O2/c1-5-14(15-6-3-11-23-15)21(9-1)17-18-8-7-16(20-17)19-13-4-2-10-22-12-13/h3,6-8,11,13-14H,1-2,4-5,9-10,12H2,(H,18,19,20)/t13-,14+/m0/s1. The Bertz CT molecular complexity index is 625. The van der Waals surface area contributed by atoms with Gasteiger partial charge in [-0.3, -0.25) is 0 Å². The molecule has 6 heteroatoms. The molecule has 0 unspecified atom stereocenters. The third kappa shape index (κ3) is 3.17. The highest BCUT2D eigenvalue weighted by Gasteiger charge is 2.30. The number of anilines is 2. The van der Waals surface area contributed by atoms with E-state index in [9.17, 15) is 0 Å². The predicted molar refractivity (Wildman–Crippen MR) is 87.5 cm³/mol. The summed E-state index contributed by atoms with van der Waals surface area (Å²) in [7, 11) is 0. The number of nitrogens with zero attached hydrogens (tertiary/aromatic N) is 3. The van der Waals surface area contributed by atoms with E-state index in [1.165, 1.54) is 0 Å². The van der Waals surface area contributed by atoms with Gasteiger partial charge in [0.2, 0.25) is 5.95 Å². The van der Waals surface area contributed by atoms with E-state index < -0.39 is 0 Å². The first-order valence-electron chi connectivity index (χ1n) is 8.37. The molecule has 4 rings (SSSR count). The lowest BCUT2D eigenvalue weighted by Gasteiger charge is -2.25. The monoisotopic (exact) mass is 314 g/mol. The number of aromatic nitrogens is 2. The molecular weight excluding hydrogens is 292 g/mol. The molecule has 2 aromatic rings. The summed E-state index contributed by atoms with van der Waals surface area (Å²) < 4.78 is 11.1. The number of hydrogen-bond donors (Lipinski definition) is 1.